The highest BCUT2D eigenvalue weighted by molar-refractivity contribution is 7.15. The summed E-state index contributed by atoms with van der Waals surface area (Å²) in [4.78, 5) is 20.8. The van der Waals surface area contributed by atoms with Crippen LogP contribution in [-0.2, 0) is 16.6 Å². The van der Waals surface area contributed by atoms with Crippen molar-refractivity contribution < 1.29 is 9.90 Å². The van der Waals surface area contributed by atoms with Crippen LogP contribution in [0, 0.1) is 0 Å². The van der Waals surface area contributed by atoms with Crippen LogP contribution in [-0.4, -0.2) is 25.4 Å². The lowest BCUT2D eigenvalue weighted by atomic mass is 9.93. The van der Waals surface area contributed by atoms with Gasteiger partial charge >= 0.3 is 5.97 Å². The molecule has 0 fully saturated rings. The van der Waals surface area contributed by atoms with Crippen molar-refractivity contribution in [2.24, 2.45) is 0 Å². The summed E-state index contributed by atoms with van der Waals surface area (Å²) < 4.78 is 1.99. The summed E-state index contributed by atoms with van der Waals surface area (Å²) >= 11 is 1.54. The third-order valence-corrected chi connectivity index (χ3v) is 4.33. The predicted molar refractivity (Wildman–Crippen MR) is 86.3 cm³/mol. The molecule has 0 unspecified atom stereocenters. The van der Waals surface area contributed by atoms with Gasteiger partial charge in [0.1, 0.15) is 0 Å². The number of fused-ring (bicyclic) bond motifs is 1. The van der Waals surface area contributed by atoms with Crippen molar-refractivity contribution in [1.29, 1.82) is 0 Å². The van der Waals surface area contributed by atoms with Gasteiger partial charge in [-0.1, -0.05) is 20.8 Å². The van der Waals surface area contributed by atoms with E-state index in [1.807, 2.05) is 16.5 Å². The number of hydrogen-bond acceptors (Lipinski definition) is 4. The summed E-state index contributed by atoms with van der Waals surface area (Å²) in [6.45, 7) is 6.35. The van der Waals surface area contributed by atoms with Crippen molar-refractivity contribution in [1.82, 2.24) is 14.4 Å². The molecule has 0 atom stereocenters. The number of rotatable bonds is 3. The van der Waals surface area contributed by atoms with Crippen LogP contribution in [0.1, 0.15) is 32.2 Å². The molecule has 1 N–H and O–H groups in total. The van der Waals surface area contributed by atoms with E-state index in [4.69, 9.17) is 0 Å². The van der Waals surface area contributed by atoms with Crippen molar-refractivity contribution in [3.05, 3.63) is 41.3 Å². The van der Waals surface area contributed by atoms with Gasteiger partial charge < -0.3 is 5.11 Å². The Kier molecular flexibility index (Phi) is 3.48. The summed E-state index contributed by atoms with van der Waals surface area (Å²) in [7, 11) is 0. The smallest absolute Gasteiger partial charge is 0.309 e. The van der Waals surface area contributed by atoms with E-state index < -0.39 is 5.97 Å². The molecular formula is C16H17N3O2S. The molecule has 0 amide bonds. The summed E-state index contributed by atoms with van der Waals surface area (Å²) in [6.07, 6.45) is 3.33. The first kappa shape index (κ1) is 14.7. The van der Waals surface area contributed by atoms with Crippen LogP contribution in [0.2, 0.25) is 0 Å². The van der Waals surface area contributed by atoms with Gasteiger partial charge in [-0.15, -0.1) is 11.3 Å². The van der Waals surface area contributed by atoms with Gasteiger partial charge in [0.2, 0.25) is 0 Å². The first-order valence-electron chi connectivity index (χ1n) is 6.99. The van der Waals surface area contributed by atoms with Crippen LogP contribution in [0.25, 0.3) is 16.2 Å². The van der Waals surface area contributed by atoms with E-state index >= 15 is 0 Å². The van der Waals surface area contributed by atoms with Crippen molar-refractivity contribution in [2.75, 3.05) is 0 Å². The van der Waals surface area contributed by atoms with Gasteiger partial charge in [0.25, 0.3) is 0 Å². The first-order chi connectivity index (χ1) is 10.4. The fraction of sp³-hybridized carbons (Fsp3) is 0.312. The second kappa shape index (κ2) is 5.21. The van der Waals surface area contributed by atoms with Gasteiger partial charge in [-0.2, -0.15) is 0 Å². The third kappa shape index (κ3) is 2.50. The molecule has 0 spiro atoms. The molecule has 114 valence electrons. The average molecular weight is 315 g/mol. The fourth-order valence-corrected chi connectivity index (χ4v) is 3.61. The first-order valence-corrected chi connectivity index (χ1v) is 7.87. The Hall–Kier alpha value is -2.21. The molecule has 5 nitrogen and oxygen atoms in total. The average Bonchev–Trinajstić information content (AvgIpc) is 2.99. The standard InChI is InChI=1S/C16H17N3O2S/c1-16(2,3)12-9-22-15-18-14(10-4-6-17-7-5-10)11(19(12)15)8-13(20)21/h4-7,9H,8H2,1-3H3,(H,20,21). The van der Waals surface area contributed by atoms with Gasteiger partial charge in [-0.3, -0.25) is 14.2 Å². The Morgan fingerprint density at radius 3 is 2.59 bits per heavy atom. The topological polar surface area (TPSA) is 67.5 Å². The van der Waals surface area contributed by atoms with Crippen LogP contribution in [0.3, 0.4) is 0 Å². The molecule has 0 aliphatic rings. The van der Waals surface area contributed by atoms with Gasteiger partial charge in [-0.05, 0) is 12.1 Å². The summed E-state index contributed by atoms with van der Waals surface area (Å²) in [5.74, 6) is -0.858. The molecule has 3 rings (SSSR count). The van der Waals surface area contributed by atoms with E-state index in [0.29, 0.717) is 0 Å². The van der Waals surface area contributed by atoms with Crippen molar-refractivity contribution in [2.45, 2.75) is 32.6 Å². The molecule has 22 heavy (non-hydrogen) atoms. The Bertz CT molecular complexity index is 828. The zero-order chi connectivity index (χ0) is 15.9. The molecule has 0 bridgehead atoms. The molecule has 0 aliphatic heterocycles. The lowest BCUT2D eigenvalue weighted by molar-refractivity contribution is -0.136. The molecule has 3 aromatic heterocycles. The Balaban J connectivity index is 2.30. The van der Waals surface area contributed by atoms with Crippen LogP contribution in [0.5, 0.6) is 0 Å². The summed E-state index contributed by atoms with van der Waals surface area (Å²) in [5, 5.41) is 11.4. The van der Waals surface area contributed by atoms with E-state index in [-0.39, 0.29) is 11.8 Å². The van der Waals surface area contributed by atoms with Gasteiger partial charge in [0, 0.05) is 34.4 Å². The number of pyridine rings is 1. The lowest BCUT2D eigenvalue weighted by Gasteiger charge is -2.18. The zero-order valence-corrected chi connectivity index (χ0v) is 13.5. The Morgan fingerprint density at radius 2 is 2.00 bits per heavy atom. The molecule has 0 saturated carbocycles. The summed E-state index contributed by atoms with van der Waals surface area (Å²) in [6, 6.07) is 3.71. The normalized spacial score (nSPS) is 12.0. The van der Waals surface area contributed by atoms with E-state index in [2.05, 4.69) is 36.1 Å². The quantitative estimate of drug-likeness (QED) is 0.804. The highest BCUT2D eigenvalue weighted by atomic mass is 32.1. The number of carboxylic acids is 1. The number of carboxylic acid groups (broad SMARTS) is 1. The summed E-state index contributed by atoms with van der Waals surface area (Å²) in [5.41, 5.74) is 3.34. The largest absolute Gasteiger partial charge is 0.481 e. The van der Waals surface area contributed by atoms with E-state index in [9.17, 15) is 9.90 Å². The monoisotopic (exact) mass is 315 g/mol. The minimum atomic E-state index is -0.858. The molecule has 0 aromatic carbocycles. The van der Waals surface area contributed by atoms with E-state index in [1.54, 1.807) is 23.7 Å². The SMILES string of the molecule is CC(C)(C)c1csc2nc(-c3ccncc3)c(CC(=O)O)n12. The van der Waals surface area contributed by atoms with Crippen molar-refractivity contribution >= 4 is 22.3 Å². The molecule has 0 aliphatic carbocycles. The highest BCUT2D eigenvalue weighted by Crippen LogP contribution is 2.33. The van der Waals surface area contributed by atoms with Crippen LogP contribution >= 0.6 is 11.3 Å². The molecule has 0 radical (unpaired) electrons. The second-order valence-electron chi connectivity index (χ2n) is 6.20. The second-order valence-corrected chi connectivity index (χ2v) is 7.04. The van der Waals surface area contributed by atoms with Gasteiger partial charge in [0.05, 0.1) is 17.8 Å². The third-order valence-electron chi connectivity index (χ3n) is 3.50. The Morgan fingerprint density at radius 1 is 1.32 bits per heavy atom. The van der Waals surface area contributed by atoms with Crippen molar-refractivity contribution in [3.8, 4) is 11.3 Å². The fourth-order valence-electron chi connectivity index (χ4n) is 2.48. The maximum Gasteiger partial charge on any atom is 0.309 e. The molecular weight excluding hydrogens is 298 g/mol. The van der Waals surface area contributed by atoms with Crippen molar-refractivity contribution in [3.63, 3.8) is 0 Å². The number of imidazole rings is 1. The zero-order valence-electron chi connectivity index (χ0n) is 12.7. The molecule has 3 aromatic rings. The number of hydrogen-bond donors (Lipinski definition) is 1. The number of aromatic nitrogens is 3. The lowest BCUT2D eigenvalue weighted by Crippen LogP contribution is -2.16. The maximum atomic E-state index is 11.3. The molecule has 3 heterocycles. The van der Waals surface area contributed by atoms with E-state index in [1.165, 1.54) is 0 Å². The van der Waals surface area contributed by atoms with Crippen LogP contribution < -0.4 is 0 Å². The minimum Gasteiger partial charge on any atom is -0.481 e. The van der Waals surface area contributed by atoms with Crippen LogP contribution in [0.15, 0.2) is 29.9 Å². The van der Waals surface area contributed by atoms with Gasteiger partial charge in [0.15, 0.2) is 4.96 Å². The minimum absolute atomic E-state index is 0.0569. The van der Waals surface area contributed by atoms with Crippen LogP contribution in [0.4, 0.5) is 0 Å². The molecule has 6 heteroatoms. The predicted octanol–water partition coefficient (Wildman–Crippen LogP) is 3.38. The number of nitrogens with zero attached hydrogens (tertiary/aromatic N) is 3. The van der Waals surface area contributed by atoms with Gasteiger partial charge in [-0.25, -0.2) is 4.98 Å². The Labute approximate surface area is 132 Å². The molecule has 0 saturated heterocycles. The highest BCUT2D eigenvalue weighted by Gasteiger charge is 2.25. The van der Waals surface area contributed by atoms with E-state index in [0.717, 1.165) is 27.6 Å². The number of carbonyl (C=O) groups is 1. The number of thiazole rings is 1. The number of aliphatic carboxylic acids is 1. The maximum absolute atomic E-state index is 11.3.